The summed E-state index contributed by atoms with van der Waals surface area (Å²) in [6.07, 6.45) is 0. The lowest BCUT2D eigenvalue weighted by molar-refractivity contribution is -0.135. The molecular weight excluding hydrogens is 258 g/mol. The van der Waals surface area contributed by atoms with E-state index in [0.29, 0.717) is 17.4 Å². The van der Waals surface area contributed by atoms with Gasteiger partial charge >= 0.3 is 0 Å². The molecule has 108 valence electrons. The van der Waals surface area contributed by atoms with Crippen LogP contribution in [-0.4, -0.2) is 53.4 Å². The number of hydrogen-bond acceptors (Lipinski definition) is 3. The van der Waals surface area contributed by atoms with Crippen LogP contribution in [-0.2, 0) is 4.79 Å². The third-order valence-electron chi connectivity index (χ3n) is 5.33. The van der Waals surface area contributed by atoms with E-state index in [-0.39, 0.29) is 16.7 Å². The molecule has 1 heterocycles. The van der Waals surface area contributed by atoms with Crippen molar-refractivity contribution < 1.29 is 4.79 Å². The minimum absolute atomic E-state index is 0.125. The van der Waals surface area contributed by atoms with E-state index in [1.807, 2.05) is 4.90 Å². The average molecular weight is 283 g/mol. The highest BCUT2D eigenvalue weighted by Crippen LogP contribution is 2.68. The largest absolute Gasteiger partial charge is 0.392 e. The van der Waals surface area contributed by atoms with Gasteiger partial charge in [0.25, 0.3) is 0 Å². The van der Waals surface area contributed by atoms with E-state index >= 15 is 0 Å². The van der Waals surface area contributed by atoms with Gasteiger partial charge in [0.2, 0.25) is 5.91 Å². The number of carbonyl (C=O) groups excluding carboxylic acids is 1. The second kappa shape index (κ2) is 4.70. The molecule has 1 aliphatic carbocycles. The van der Waals surface area contributed by atoms with Gasteiger partial charge in [-0.1, -0.05) is 39.9 Å². The number of piperazine rings is 1. The summed E-state index contributed by atoms with van der Waals surface area (Å²) in [7, 11) is 0. The quantitative estimate of drug-likeness (QED) is 0.788. The molecule has 1 amide bonds. The van der Waals surface area contributed by atoms with Gasteiger partial charge in [-0.15, -0.1) is 0 Å². The van der Waals surface area contributed by atoms with E-state index in [0.717, 1.165) is 26.2 Å². The van der Waals surface area contributed by atoms with E-state index in [9.17, 15) is 4.79 Å². The Balaban J connectivity index is 1.89. The molecule has 0 unspecified atom stereocenters. The van der Waals surface area contributed by atoms with Crippen LogP contribution in [0.3, 0.4) is 0 Å². The van der Waals surface area contributed by atoms with Crippen molar-refractivity contribution in [1.29, 1.82) is 0 Å². The minimum Gasteiger partial charge on any atom is -0.392 e. The molecule has 1 saturated carbocycles. The van der Waals surface area contributed by atoms with Gasteiger partial charge in [0.05, 0.1) is 4.99 Å². The maximum Gasteiger partial charge on any atom is 0.226 e. The summed E-state index contributed by atoms with van der Waals surface area (Å²) < 4.78 is 0. The molecule has 0 aromatic heterocycles. The van der Waals surface area contributed by atoms with Crippen molar-refractivity contribution in [2.75, 3.05) is 32.7 Å². The van der Waals surface area contributed by atoms with Crippen LogP contribution in [0.25, 0.3) is 0 Å². The fourth-order valence-electron chi connectivity index (χ4n) is 3.34. The summed E-state index contributed by atoms with van der Waals surface area (Å²) in [5.74, 6) is 0.493. The Morgan fingerprint density at radius 2 is 1.63 bits per heavy atom. The van der Waals surface area contributed by atoms with E-state index in [1.54, 1.807) is 0 Å². The molecule has 2 fully saturated rings. The number of amides is 1. The zero-order valence-corrected chi connectivity index (χ0v) is 13.2. The summed E-state index contributed by atoms with van der Waals surface area (Å²) in [5, 5.41) is 0. The maximum absolute atomic E-state index is 12.6. The molecule has 0 spiro atoms. The van der Waals surface area contributed by atoms with Crippen molar-refractivity contribution in [2.24, 2.45) is 22.5 Å². The third kappa shape index (κ3) is 2.50. The van der Waals surface area contributed by atoms with Gasteiger partial charge in [-0.25, -0.2) is 0 Å². The second-order valence-electron chi connectivity index (χ2n) is 6.94. The van der Waals surface area contributed by atoms with Crippen LogP contribution in [0.15, 0.2) is 0 Å². The van der Waals surface area contributed by atoms with Gasteiger partial charge in [-0.05, 0) is 10.8 Å². The molecule has 2 aliphatic rings. The molecule has 5 heteroatoms. The summed E-state index contributed by atoms with van der Waals surface area (Å²) in [5.41, 5.74) is 5.81. The highest BCUT2D eigenvalue weighted by Gasteiger charge is 2.68. The minimum atomic E-state index is 0.125. The Morgan fingerprint density at radius 3 is 2.00 bits per heavy atom. The van der Waals surface area contributed by atoms with Gasteiger partial charge < -0.3 is 10.6 Å². The number of nitrogens with two attached hydrogens (primary N) is 1. The van der Waals surface area contributed by atoms with Crippen LogP contribution < -0.4 is 5.73 Å². The molecule has 0 atom stereocenters. The number of thiocarbonyl (C=S) groups is 1. The molecule has 0 bridgehead atoms. The lowest BCUT2D eigenvalue weighted by Crippen LogP contribution is -2.51. The maximum atomic E-state index is 12.6. The van der Waals surface area contributed by atoms with Crippen molar-refractivity contribution in [3.63, 3.8) is 0 Å². The number of carbonyl (C=O) groups is 1. The summed E-state index contributed by atoms with van der Waals surface area (Å²) >= 11 is 4.92. The highest BCUT2D eigenvalue weighted by atomic mass is 32.1. The summed E-state index contributed by atoms with van der Waals surface area (Å²) in [4.78, 5) is 17.3. The molecule has 0 radical (unpaired) electrons. The Morgan fingerprint density at radius 1 is 1.16 bits per heavy atom. The lowest BCUT2D eigenvalue weighted by atomic mass is 10.0. The number of hydrogen-bond donors (Lipinski definition) is 1. The predicted molar refractivity (Wildman–Crippen MR) is 80.9 cm³/mol. The standard InChI is InChI=1S/C14H25N3OS/c1-13(2)11(14(13,3)4)12(18)17-7-5-16(6-8-17)9-10(15)19/h11H,5-9H2,1-4H3,(H2,15,19). The van der Waals surface area contributed by atoms with Crippen LogP contribution >= 0.6 is 12.2 Å². The number of rotatable bonds is 3. The first-order chi connectivity index (χ1) is 8.68. The Hall–Kier alpha value is -0.680. The smallest absolute Gasteiger partial charge is 0.226 e. The zero-order valence-electron chi connectivity index (χ0n) is 12.4. The lowest BCUT2D eigenvalue weighted by Gasteiger charge is -2.35. The highest BCUT2D eigenvalue weighted by molar-refractivity contribution is 7.80. The fraction of sp³-hybridized carbons (Fsp3) is 0.857. The van der Waals surface area contributed by atoms with E-state index in [4.69, 9.17) is 18.0 Å². The monoisotopic (exact) mass is 283 g/mol. The van der Waals surface area contributed by atoms with Crippen molar-refractivity contribution in [1.82, 2.24) is 9.80 Å². The predicted octanol–water partition coefficient (Wildman–Crippen LogP) is 1.10. The van der Waals surface area contributed by atoms with Crippen molar-refractivity contribution in [2.45, 2.75) is 27.7 Å². The second-order valence-corrected chi connectivity index (χ2v) is 7.47. The topological polar surface area (TPSA) is 49.6 Å². The molecule has 0 aromatic carbocycles. The van der Waals surface area contributed by atoms with Crippen molar-refractivity contribution in [3.05, 3.63) is 0 Å². The van der Waals surface area contributed by atoms with Gasteiger partial charge in [0.1, 0.15) is 0 Å². The van der Waals surface area contributed by atoms with Gasteiger partial charge in [-0.3, -0.25) is 9.69 Å². The van der Waals surface area contributed by atoms with Crippen LogP contribution in [0, 0.1) is 16.7 Å². The van der Waals surface area contributed by atoms with E-state index < -0.39 is 0 Å². The zero-order chi connectivity index (χ0) is 14.4. The first-order valence-electron chi connectivity index (χ1n) is 6.97. The number of nitrogens with zero attached hydrogens (tertiary/aromatic N) is 2. The average Bonchev–Trinajstić information content (AvgIpc) is 2.68. The molecular formula is C14H25N3OS. The summed E-state index contributed by atoms with van der Waals surface area (Å²) in [6.45, 7) is 12.8. The Labute approximate surface area is 121 Å². The fourth-order valence-corrected chi connectivity index (χ4v) is 3.53. The molecule has 2 rings (SSSR count). The Kier molecular flexibility index (Phi) is 3.64. The molecule has 1 aliphatic heterocycles. The SMILES string of the molecule is CC1(C)C(C(=O)N2CCN(CC(N)=S)CC2)C1(C)C. The normalized spacial score (nSPS) is 26.2. The third-order valence-corrected chi connectivity index (χ3v) is 5.46. The van der Waals surface area contributed by atoms with Crippen LogP contribution in [0.4, 0.5) is 0 Å². The van der Waals surface area contributed by atoms with Gasteiger partial charge in [0.15, 0.2) is 0 Å². The van der Waals surface area contributed by atoms with Crippen LogP contribution in [0.5, 0.6) is 0 Å². The molecule has 2 N–H and O–H groups in total. The van der Waals surface area contributed by atoms with Crippen LogP contribution in [0.2, 0.25) is 0 Å². The molecule has 1 saturated heterocycles. The molecule has 0 aromatic rings. The van der Waals surface area contributed by atoms with Crippen LogP contribution in [0.1, 0.15) is 27.7 Å². The van der Waals surface area contributed by atoms with Gasteiger partial charge in [-0.2, -0.15) is 0 Å². The Bertz CT molecular complexity index is 383. The van der Waals surface area contributed by atoms with E-state index in [1.165, 1.54) is 0 Å². The molecule has 19 heavy (non-hydrogen) atoms. The first kappa shape index (κ1) is 14.7. The first-order valence-corrected chi connectivity index (χ1v) is 7.38. The van der Waals surface area contributed by atoms with Crippen molar-refractivity contribution >= 4 is 23.1 Å². The summed E-state index contributed by atoms with van der Waals surface area (Å²) in [6, 6.07) is 0. The van der Waals surface area contributed by atoms with Crippen molar-refractivity contribution in [3.8, 4) is 0 Å². The molecule has 4 nitrogen and oxygen atoms in total. The van der Waals surface area contributed by atoms with Gasteiger partial charge in [0, 0.05) is 38.6 Å². The van der Waals surface area contributed by atoms with E-state index in [2.05, 4.69) is 32.6 Å².